The minimum atomic E-state index is -0.767. The van der Waals surface area contributed by atoms with Gasteiger partial charge in [0, 0.05) is 28.8 Å². The molecule has 1 amide bonds. The van der Waals surface area contributed by atoms with E-state index in [-0.39, 0.29) is 5.02 Å². The van der Waals surface area contributed by atoms with Crippen molar-refractivity contribution in [2.24, 2.45) is 0 Å². The number of carbonyl (C=O) groups is 1. The first kappa shape index (κ1) is 26.2. The molecule has 0 fully saturated rings. The molecule has 1 aliphatic rings. The van der Waals surface area contributed by atoms with Crippen molar-refractivity contribution in [3.05, 3.63) is 81.3 Å². The highest BCUT2D eigenvalue weighted by Gasteiger charge is 2.33. The third kappa shape index (κ3) is 5.75. The Morgan fingerprint density at radius 1 is 1.17 bits per heavy atom. The zero-order valence-electron chi connectivity index (χ0n) is 20.3. The number of benzene rings is 2. The molecule has 0 saturated heterocycles. The number of amides is 1. The molecular weight excluding hydrogens is 506 g/mol. The number of pyridine rings is 1. The number of fused-ring (bicyclic) bond motifs is 1. The maximum atomic E-state index is 13.9. The number of aliphatic hydroxyl groups is 1. The summed E-state index contributed by atoms with van der Waals surface area (Å²) in [5.41, 5.74) is 3.13. The predicted octanol–water partition coefficient (Wildman–Crippen LogP) is 6.82. The summed E-state index contributed by atoms with van der Waals surface area (Å²) in [5.74, 6) is -0.111. The normalized spacial score (nSPS) is 17.9. The second kappa shape index (κ2) is 10.2. The van der Waals surface area contributed by atoms with Crippen LogP contribution >= 0.6 is 23.2 Å². The molecule has 2 aromatic carbocycles. The van der Waals surface area contributed by atoms with Gasteiger partial charge in [-0.3, -0.25) is 4.98 Å². The van der Waals surface area contributed by atoms with Gasteiger partial charge in [-0.2, -0.15) is 0 Å². The predicted molar refractivity (Wildman–Crippen MR) is 137 cm³/mol. The molecule has 0 spiro atoms. The van der Waals surface area contributed by atoms with E-state index in [1.165, 1.54) is 12.1 Å². The van der Waals surface area contributed by atoms with Crippen LogP contribution in [0.25, 0.3) is 11.1 Å². The molecule has 3 aromatic rings. The third-order valence-electron chi connectivity index (χ3n) is 5.81. The first-order valence-electron chi connectivity index (χ1n) is 11.5. The molecule has 6 nitrogen and oxygen atoms in total. The van der Waals surface area contributed by atoms with Crippen molar-refractivity contribution in [1.82, 2.24) is 10.3 Å². The number of carbonyl (C=O) groups excluding carboxylic acids is 1. The average molecular weight is 533 g/mol. The van der Waals surface area contributed by atoms with Crippen LogP contribution in [0.3, 0.4) is 0 Å². The molecule has 0 bridgehead atoms. The van der Waals surface area contributed by atoms with Crippen molar-refractivity contribution in [2.75, 3.05) is 0 Å². The third-order valence-corrected chi connectivity index (χ3v) is 6.52. The van der Waals surface area contributed by atoms with Gasteiger partial charge in [-0.05, 0) is 62.6 Å². The number of hydrogen-bond acceptors (Lipinski definition) is 5. The number of rotatable bonds is 5. The fraction of sp³-hybridized carbons (Fsp3) is 0.333. The molecule has 4 rings (SSSR count). The van der Waals surface area contributed by atoms with E-state index in [0.717, 1.165) is 22.3 Å². The summed E-state index contributed by atoms with van der Waals surface area (Å²) in [6.45, 7) is 7.08. The standard InChI is InChI=1S/C27H27Cl2FN2O4/c1-14(23-20(28)7-8-21(30)24(23)29)35-18-10-17(12-31-13-18)15-5-6-19-16(9-15)11-22(33)25(19)32-26(34)36-27(2,3)4/h5-10,12-14,22,25,33H,11H2,1-4H3,(H,32,34)/t14-,22?,25?/m1/s1. The lowest BCUT2D eigenvalue weighted by molar-refractivity contribution is 0.0438. The molecule has 3 atom stereocenters. The average Bonchev–Trinajstić information content (AvgIpc) is 3.09. The van der Waals surface area contributed by atoms with Crippen LogP contribution in [0.4, 0.5) is 9.18 Å². The maximum Gasteiger partial charge on any atom is 0.408 e. The number of aromatic nitrogens is 1. The molecule has 1 heterocycles. The summed E-state index contributed by atoms with van der Waals surface area (Å²) in [6.07, 6.45) is 1.68. The maximum absolute atomic E-state index is 13.9. The number of nitrogens with one attached hydrogen (secondary N) is 1. The van der Waals surface area contributed by atoms with Crippen molar-refractivity contribution < 1.29 is 23.8 Å². The first-order valence-corrected chi connectivity index (χ1v) is 12.2. The van der Waals surface area contributed by atoms with E-state index < -0.39 is 35.8 Å². The summed E-state index contributed by atoms with van der Waals surface area (Å²) in [5, 5.41) is 13.6. The van der Waals surface area contributed by atoms with Gasteiger partial charge in [0.05, 0.1) is 23.4 Å². The molecule has 190 valence electrons. The van der Waals surface area contributed by atoms with Crippen molar-refractivity contribution in [3.8, 4) is 16.9 Å². The van der Waals surface area contributed by atoms with Crippen LogP contribution in [0.2, 0.25) is 10.0 Å². The fourth-order valence-corrected chi connectivity index (χ4v) is 4.92. The van der Waals surface area contributed by atoms with Crippen LogP contribution in [-0.4, -0.2) is 27.9 Å². The van der Waals surface area contributed by atoms with Gasteiger partial charge in [0.1, 0.15) is 23.3 Å². The molecule has 36 heavy (non-hydrogen) atoms. The van der Waals surface area contributed by atoms with E-state index in [1.807, 2.05) is 24.3 Å². The Hall–Kier alpha value is -2.87. The lowest BCUT2D eigenvalue weighted by Crippen LogP contribution is -2.38. The number of alkyl carbamates (subject to hydrolysis) is 1. The van der Waals surface area contributed by atoms with Crippen LogP contribution in [-0.2, 0) is 11.2 Å². The minimum Gasteiger partial charge on any atom is -0.484 e. The molecule has 2 N–H and O–H groups in total. The second-order valence-electron chi connectivity index (χ2n) is 9.74. The highest BCUT2D eigenvalue weighted by molar-refractivity contribution is 6.36. The van der Waals surface area contributed by atoms with Crippen LogP contribution in [0.15, 0.2) is 48.8 Å². The van der Waals surface area contributed by atoms with Crippen molar-refractivity contribution in [3.63, 3.8) is 0 Å². The Morgan fingerprint density at radius 3 is 2.64 bits per heavy atom. The van der Waals surface area contributed by atoms with Gasteiger partial charge >= 0.3 is 6.09 Å². The van der Waals surface area contributed by atoms with Gasteiger partial charge < -0.3 is 19.9 Å². The van der Waals surface area contributed by atoms with Gasteiger partial charge in [-0.15, -0.1) is 0 Å². The van der Waals surface area contributed by atoms with Gasteiger partial charge in [0.2, 0.25) is 0 Å². The van der Waals surface area contributed by atoms with E-state index in [1.54, 1.807) is 40.1 Å². The molecule has 0 aliphatic heterocycles. The Labute approximate surface area is 219 Å². The summed E-state index contributed by atoms with van der Waals surface area (Å²) in [6, 6.07) is 9.64. The molecule has 0 radical (unpaired) electrons. The largest absolute Gasteiger partial charge is 0.484 e. The van der Waals surface area contributed by atoms with Crippen molar-refractivity contribution in [1.29, 1.82) is 0 Å². The Morgan fingerprint density at radius 2 is 1.92 bits per heavy atom. The highest BCUT2D eigenvalue weighted by atomic mass is 35.5. The van der Waals surface area contributed by atoms with E-state index in [2.05, 4.69) is 10.3 Å². The number of hydrogen-bond donors (Lipinski definition) is 2. The van der Waals surface area contributed by atoms with Gasteiger partial charge in [-0.25, -0.2) is 9.18 Å². The van der Waals surface area contributed by atoms with Gasteiger partial charge in [0.15, 0.2) is 0 Å². The van der Waals surface area contributed by atoms with E-state index in [0.29, 0.717) is 22.8 Å². The van der Waals surface area contributed by atoms with Crippen LogP contribution in [0.5, 0.6) is 5.75 Å². The van der Waals surface area contributed by atoms with Gasteiger partial charge in [-0.1, -0.05) is 41.4 Å². The number of halogens is 3. The second-order valence-corrected chi connectivity index (χ2v) is 10.5. The summed E-state index contributed by atoms with van der Waals surface area (Å²) in [7, 11) is 0. The number of nitrogens with zero attached hydrogens (tertiary/aromatic N) is 1. The Bertz CT molecular complexity index is 1300. The SMILES string of the molecule is C[C@@H](Oc1cncc(-c2ccc3c(c2)CC(O)C3NC(=O)OC(C)(C)C)c1)c1c(Cl)ccc(F)c1Cl. The van der Waals surface area contributed by atoms with E-state index in [9.17, 15) is 14.3 Å². The summed E-state index contributed by atoms with van der Waals surface area (Å²) < 4.78 is 25.3. The van der Waals surface area contributed by atoms with Crippen molar-refractivity contribution >= 4 is 29.3 Å². The lowest BCUT2D eigenvalue weighted by Gasteiger charge is -2.23. The van der Waals surface area contributed by atoms with Gasteiger partial charge in [0.25, 0.3) is 0 Å². The number of ether oxygens (including phenoxy) is 2. The Balaban J connectivity index is 1.54. The lowest BCUT2D eigenvalue weighted by atomic mass is 10.0. The monoisotopic (exact) mass is 532 g/mol. The molecule has 9 heteroatoms. The smallest absolute Gasteiger partial charge is 0.408 e. The quantitative estimate of drug-likeness (QED) is 0.352. The van der Waals surface area contributed by atoms with E-state index >= 15 is 0 Å². The zero-order valence-corrected chi connectivity index (χ0v) is 21.8. The van der Waals surface area contributed by atoms with Crippen LogP contribution < -0.4 is 10.1 Å². The highest BCUT2D eigenvalue weighted by Crippen LogP contribution is 2.37. The Kier molecular flexibility index (Phi) is 7.46. The zero-order chi connectivity index (χ0) is 26.2. The summed E-state index contributed by atoms with van der Waals surface area (Å²) >= 11 is 12.3. The molecule has 1 aliphatic carbocycles. The molecule has 1 aromatic heterocycles. The molecule has 2 unspecified atom stereocenters. The molecular formula is C27H27Cl2FN2O4. The minimum absolute atomic E-state index is 0.0779. The van der Waals surface area contributed by atoms with Crippen molar-refractivity contribution in [2.45, 2.75) is 58.0 Å². The number of aliphatic hydroxyl groups excluding tert-OH is 1. The molecule has 0 saturated carbocycles. The topological polar surface area (TPSA) is 80.7 Å². The van der Waals surface area contributed by atoms with Crippen LogP contribution in [0, 0.1) is 5.82 Å². The summed E-state index contributed by atoms with van der Waals surface area (Å²) in [4.78, 5) is 16.5. The fourth-order valence-electron chi connectivity index (χ4n) is 4.24. The first-order chi connectivity index (χ1) is 16.9. The van der Waals surface area contributed by atoms with E-state index in [4.69, 9.17) is 32.7 Å². The van der Waals surface area contributed by atoms with Crippen LogP contribution in [0.1, 0.15) is 56.5 Å².